The molecule has 2 heterocycles. The molecule has 1 aliphatic heterocycles. The van der Waals surface area contributed by atoms with Crippen LogP contribution in [0, 0.1) is 5.92 Å². The minimum absolute atomic E-state index is 0.0508. The first-order valence-corrected chi connectivity index (χ1v) is 9.85. The maximum absolute atomic E-state index is 12.4. The normalized spacial score (nSPS) is 15.2. The fourth-order valence-electron chi connectivity index (χ4n) is 3.50. The SMILES string of the molecule is CC(C)c1ccc(-c2noc(CCC(=O)N3CCC(CC(=O)O)CC3)n2)cc1. The Hall–Kier alpha value is -2.70. The Morgan fingerprint density at radius 2 is 1.89 bits per heavy atom. The molecule has 1 saturated heterocycles. The van der Waals surface area contributed by atoms with Crippen molar-refractivity contribution in [2.45, 2.75) is 51.9 Å². The molecule has 1 aliphatic rings. The summed E-state index contributed by atoms with van der Waals surface area (Å²) in [5, 5.41) is 12.9. The number of aromatic nitrogens is 2. The van der Waals surface area contributed by atoms with Crippen molar-refractivity contribution in [2.24, 2.45) is 5.92 Å². The number of hydrogen-bond donors (Lipinski definition) is 1. The van der Waals surface area contributed by atoms with Gasteiger partial charge in [-0.05, 0) is 30.2 Å². The molecular weight excluding hydrogens is 358 g/mol. The van der Waals surface area contributed by atoms with Crippen molar-refractivity contribution in [3.8, 4) is 11.4 Å². The fourth-order valence-corrected chi connectivity index (χ4v) is 3.50. The Morgan fingerprint density at radius 1 is 1.21 bits per heavy atom. The van der Waals surface area contributed by atoms with E-state index in [2.05, 4.69) is 36.1 Å². The third-order valence-corrected chi connectivity index (χ3v) is 5.29. The summed E-state index contributed by atoms with van der Waals surface area (Å²) in [6.45, 7) is 5.53. The van der Waals surface area contributed by atoms with Crippen LogP contribution >= 0.6 is 0 Å². The first-order chi connectivity index (χ1) is 13.4. The molecule has 2 aromatic rings. The van der Waals surface area contributed by atoms with Gasteiger partial charge in [0, 0.05) is 37.9 Å². The number of carboxylic acid groups (broad SMARTS) is 1. The quantitative estimate of drug-likeness (QED) is 0.783. The minimum Gasteiger partial charge on any atom is -0.481 e. The van der Waals surface area contributed by atoms with Gasteiger partial charge in [0.15, 0.2) is 0 Å². The molecule has 7 heteroatoms. The van der Waals surface area contributed by atoms with Crippen LogP contribution in [0.15, 0.2) is 28.8 Å². The van der Waals surface area contributed by atoms with Crippen molar-refractivity contribution in [2.75, 3.05) is 13.1 Å². The monoisotopic (exact) mass is 385 g/mol. The topological polar surface area (TPSA) is 96.5 Å². The first kappa shape index (κ1) is 20.0. The number of piperidine rings is 1. The molecule has 0 spiro atoms. The second-order valence-electron chi connectivity index (χ2n) is 7.71. The lowest BCUT2D eigenvalue weighted by atomic mass is 9.93. The van der Waals surface area contributed by atoms with E-state index in [1.807, 2.05) is 12.1 Å². The number of aryl methyl sites for hydroxylation is 1. The summed E-state index contributed by atoms with van der Waals surface area (Å²) < 4.78 is 5.30. The smallest absolute Gasteiger partial charge is 0.303 e. The number of rotatable bonds is 7. The number of hydrogen-bond acceptors (Lipinski definition) is 5. The highest BCUT2D eigenvalue weighted by molar-refractivity contribution is 5.76. The average Bonchev–Trinajstić information content (AvgIpc) is 3.15. The van der Waals surface area contributed by atoms with Gasteiger partial charge in [0.1, 0.15) is 0 Å². The van der Waals surface area contributed by atoms with Crippen LogP contribution in [0.2, 0.25) is 0 Å². The highest BCUT2D eigenvalue weighted by Crippen LogP contribution is 2.22. The van der Waals surface area contributed by atoms with Crippen LogP contribution < -0.4 is 0 Å². The summed E-state index contributed by atoms with van der Waals surface area (Å²) in [4.78, 5) is 29.4. The number of nitrogens with zero attached hydrogens (tertiary/aromatic N) is 3. The molecule has 0 aliphatic carbocycles. The Kier molecular flexibility index (Phi) is 6.44. The molecule has 0 unspecified atom stereocenters. The molecule has 28 heavy (non-hydrogen) atoms. The van der Waals surface area contributed by atoms with Gasteiger partial charge in [0.25, 0.3) is 0 Å². The number of amides is 1. The maximum Gasteiger partial charge on any atom is 0.303 e. The van der Waals surface area contributed by atoms with Crippen molar-refractivity contribution in [3.63, 3.8) is 0 Å². The van der Waals surface area contributed by atoms with E-state index in [1.54, 1.807) is 4.90 Å². The predicted octanol–water partition coefficient (Wildman–Crippen LogP) is 3.51. The Morgan fingerprint density at radius 3 is 2.50 bits per heavy atom. The molecule has 3 rings (SSSR count). The molecular formula is C21H27N3O4. The van der Waals surface area contributed by atoms with Gasteiger partial charge in [-0.1, -0.05) is 43.3 Å². The van der Waals surface area contributed by atoms with E-state index in [0.29, 0.717) is 43.6 Å². The number of carbonyl (C=O) groups excluding carboxylic acids is 1. The van der Waals surface area contributed by atoms with E-state index >= 15 is 0 Å². The summed E-state index contributed by atoms with van der Waals surface area (Å²) in [6, 6.07) is 8.09. The Balaban J connectivity index is 1.49. The summed E-state index contributed by atoms with van der Waals surface area (Å²) in [5.41, 5.74) is 2.15. The van der Waals surface area contributed by atoms with Gasteiger partial charge < -0.3 is 14.5 Å². The van der Waals surface area contributed by atoms with Gasteiger partial charge in [-0.15, -0.1) is 0 Å². The van der Waals surface area contributed by atoms with Crippen molar-refractivity contribution in [1.29, 1.82) is 0 Å². The lowest BCUT2D eigenvalue weighted by Gasteiger charge is -2.31. The third kappa shape index (κ3) is 5.18. The zero-order chi connectivity index (χ0) is 20.1. The Labute approximate surface area is 164 Å². The van der Waals surface area contributed by atoms with Crippen molar-refractivity contribution in [3.05, 3.63) is 35.7 Å². The number of likely N-dealkylation sites (tertiary alicyclic amines) is 1. The van der Waals surface area contributed by atoms with E-state index in [4.69, 9.17) is 9.63 Å². The van der Waals surface area contributed by atoms with E-state index in [0.717, 1.165) is 18.4 Å². The summed E-state index contributed by atoms with van der Waals surface area (Å²) in [6.07, 6.45) is 2.40. The van der Waals surface area contributed by atoms with Crippen LogP contribution in [0.3, 0.4) is 0 Å². The van der Waals surface area contributed by atoms with Crippen molar-refractivity contribution < 1.29 is 19.2 Å². The zero-order valence-electron chi connectivity index (χ0n) is 16.4. The molecule has 1 aromatic heterocycles. The van der Waals surface area contributed by atoms with Gasteiger partial charge in [0.2, 0.25) is 17.6 Å². The molecule has 0 saturated carbocycles. The lowest BCUT2D eigenvalue weighted by molar-refractivity contribution is -0.138. The average molecular weight is 385 g/mol. The molecule has 1 amide bonds. The van der Waals surface area contributed by atoms with Crippen LogP contribution in [0.1, 0.15) is 56.9 Å². The van der Waals surface area contributed by atoms with Crippen molar-refractivity contribution in [1.82, 2.24) is 15.0 Å². The molecule has 1 fully saturated rings. The standard InChI is InChI=1S/C21H27N3O4/c1-14(2)16-3-5-17(6-4-16)21-22-18(28-23-21)7-8-19(25)24-11-9-15(10-12-24)13-20(26)27/h3-6,14-15H,7-13H2,1-2H3,(H,26,27). The fraction of sp³-hybridized carbons (Fsp3) is 0.524. The van der Waals surface area contributed by atoms with Gasteiger partial charge in [0.05, 0.1) is 0 Å². The molecule has 1 aromatic carbocycles. The highest BCUT2D eigenvalue weighted by Gasteiger charge is 2.24. The number of carboxylic acids is 1. The molecule has 7 nitrogen and oxygen atoms in total. The third-order valence-electron chi connectivity index (χ3n) is 5.29. The van der Waals surface area contributed by atoms with E-state index in [1.165, 1.54) is 5.56 Å². The van der Waals surface area contributed by atoms with Crippen LogP contribution in [0.5, 0.6) is 0 Å². The molecule has 0 radical (unpaired) electrons. The minimum atomic E-state index is -0.768. The van der Waals surface area contributed by atoms with Gasteiger partial charge in [-0.25, -0.2) is 0 Å². The second kappa shape index (κ2) is 8.99. The van der Waals surface area contributed by atoms with Crippen LogP contribution in [-0.4, -0.2) is 45.1 Å². The lowest BCUT2D eigenvalue weighted by Crippen LogP contribution is -2.39. The van der Waals surface area contributed by atoms with Crippen LogP contribution in [0.25, 0.3) is 11.4 Å². The summed E-state index contributed by atoms with van der Waals surface area (Å²) >= 11 is 0. The molecule has 1 N–H and O–H groups in total. The van der Waals surface area contributed by atoms with Gasteiger partial charge >= 0.3 is 5.97 Å². The number of aliphatic carboxylic acids is 1. The van der Waals surface area contributed by atoms with Crippen LogP contribution in [0.4, 0.5) is 0 Å². The van der Waals surface area contributed by atoms with Crippen LogP contribution in [-0.2, 0) is 16.0 Å². The molecule has 150 valence electrons. The number of benzene rings is 1. The summed E-state index contributed by atoms with van der Waals surface area (Å²) in [5.74, 6) is 0.909. The summed E-state index contributed by atoms with van der Waals surface area (Å²) in [7, 11) is 0. The second-order valence-corrected chi connectivity index (χ2v) is 7.71. The van der Waals surface area contributed by atoms with Gasteiger partial charge in [-0.2, -0.15) is 4.98 Å². The molecule has 0 atom stereocenters. The zero-order valence-corrected chi connectivity index (χ0v) is 16.4. The Bertz CT molecular complexity index is 805. The highest BCUT2D eigenvalue weighted by atomic mass is 16.5. The predicted molar refractivity (Wildman–Crippen MR) is 104 cm³/mol. The maximum atomic E-state index is 12.4. The van der Waals surface area contributed by atoms with E-state index in [-0.39, 0.29) is 18.2 Å². The number of carbonyl (C=O) groups is 2. The van der Waals surface area contributed by atoms with Crippen molar-refractivity contribution >= 4 is 11.9 Å². The van der Waals surface area contributed by atoms with E-state index < -0.39 is 5.97 Å². The van der Waals surface area contributed by atoms with Gasteiger partial charge in [-0.3, -0.25) is 9.59 Å². The van der Waals surface area contributed by atoms with E-state index in [9.17, 15) is 9.59 Å². The largest absolute Gasteiger partial charge is 0.481 e. The first-order valence-electron chi connectivity index (χ1n) is 9.85. The molecule has 0 bridgehead atoms.